The van der Waals surface area contributed by atoms with E-state index in [-0.39, 0.29) is 0 Å². The van der Waals surface area contributed by atoms with Gasteiger partial charge in [0.15, 0.2) is 0 Å². The fourth-order valence-electron chi connectivity index (χ4n) is 4.56. The molecule has 3 rings (SSSR count). The third kappa shape index (κ3) is 3.69. The predicted octanol–water partition coefficient (Wildman–Crippen LogP) is 5.04. The van der Waals surface area contributed by atoms with Gasteiger partial charge in [-0.1, -0.05) is 32.0 Å². The predicted molar refractivity (Wildman–Crippen MR) is 90.6 cm³/mol. The minimum atomic E-state index is 0.486. The molecule has 0 spiro atoms. The van der Waals surface area contributed by atoms with Gasteiger partial charge < -0.3 is 5.32 Å². The van der Waals surface area contributed by atoms with E-state index in [4.69, 9.17) is 0 Å². The first kappa shape index (κ1) is 15.1. The molecule has 1 aromatic rings. The van der Waals surface area contributed by atoms with Crippen LogP contribution in [0.5, 0.6) is 0 Å². The van der Waals surface area contributed by atoms with Crippen molar-refractivity contribution in [2.24, 2.45) is 11.8 Å². The van der Waals surface area contributed by atoms with Gasteiger partial charge >= 0.3 is 0 Å². The fourth-order valence-corrected chi connectivity index (χ4v) is 4.56. The molecule has 1 aromatic carbocycles. The van der Waals surface area contributed by atoms with Crippen LogP contribution in [0.2, 0.25) is 0 Å². The zero-order chi connectivity index (χ0) is 14.8. The Morgan fingerprint density at radius 2 is 1.62 bits per heavy atom. The number of hydrogen-bond acceptors (Lipinski definition) is 1. The molecule has 21 heavy (non-hydrogen) atoms. The first-order valence-electron chi connectivity index (χ1n) is 8.99. The van der Waals surface area contributed by atoms with Crippen molar-refractivity contribution in [3.05, 3.63) is 34.9 Å². The summed E-state index contributed by atoms with van der Waals surface area (Å²) >= 11 is 0. The number of fused-ring (bicyclic) bond motifs is 1. The van der Waals surface area contributed by atoms with E-state index >= 15 is 0 Å². The molecular weight excluding hydrogens is 254 g/mol. The van der Waals surface area contributed by atoms with Gasteiger partial charge in [-0.05, 0) is 80.4 Å². The second kappa shape index (κ2) is 6.52. The second-order valence-corrected chi connectivity index (χ2v) is 7.74. The number of hydrogen-bond donors (Lipinski definition) is 1. The topological polar surface area (TPSA) is 12.0 Å². The minimum absolute atomic E-state index is 0.486. The SMILES string of the molecule is CC1CC(C)CC(NC(C)c2ccc3c(c2)CCCC3)C1. The van der Waals surface area contributed by atoms with Crippen LogP contribution in [0.1, 0.15) is 75.6 Å². The molecule has 2 aliphatic rings. The Hall–Kier alpha value is -0.820. The Morgan fingerprint density at radius 3 is 2.33 bits per heavy atom. The van der Waals surface area contributed by atoms with Gasteiger partial charge in [0.2, 0.25) is 0 Å². The molecule has 1 heteroatoms. The van der Waals surface area contributed by atoms with Crippen molar-refractivity contribution in [2.75, 3.05) is 0 Å². The summed E-state index contributed by atoms with van der Waals surface area (Å²) in [6, 6.07) is 8.41. The van der Waals surface area contributed by atoms with Crippen LogP contribution in [0.15, 0.2) is 18.2 Å². The van der Waals surface area contributed by atoms with Gasteiger partial charge in [0.25, 0.3) is 0 Å². The third-order valence-corrected chi connectivity index (χ3v) is 5.54. The molecule has 0 bridgehead atoms. The molecule has 3 atom stereocenters. The van der Waals surface area contributed by atoms with Crippen LogP contribution in [0.4, 0.5) is 0 Å². The molecule has 1 nitrogen and oxygen atoms in total. The average Bonchev–Trinajstić information content (AvgIpc) is 2.45. The van der Waals surface area contributed by atoms with Crippen molar-refractivity contribution in [2.45, 2.75) is 77.8 Å². The lowest BCUT2D eigenvalue weighted by Gasteiger charge is -2.34. The first-order chi connectivity index (χ1) is 10.1. The largest absolute Gasteiger partial charge is 0.307 e. The molecule has 0 saturated heterocycles. The van der Waals surface area contributed by atoms with Crippen LogP contribution in [-0.2, 0) is 12.8 Å². The maximum absolute atomic E-state index is 3.90. The summed E-state index contributed by atoms with van der Waals surface area (Å²) in [6.07, 6.45) is 9.42. The van der Waals surface area contributed by atoms with Gasteiger partial charge in [-0.25, -0.2) is 0 Å². The highest BCUT2D eigenvalue weighted by atomic mass is 14.9. The Balaban J connectivity index is 1.66. The Kier molecular flexibility index (Phi) is 4.69. The Morgan fingerprint density at radius 1 is 0.952 bits per heavy atom. The van der Waals surface area contributed by atoms with Gasteiger partial charge in [-0.2, -0.15) is 0 Å². The zero-order valence-corrected chi connectivity index (χ0v) is 14.0. The third-order valence-electron chi connectivity index (χ3n) is 5.54. The molecule has 116 valence electrons. The van der Waals surface area contributed by atoms with Crippen LogP contribution in [0, 0.1) is 11.8 Å². The molecule has 2 aliphatic carbocycles. The highest BCUT2D eigenvalue weighted by Crippen LogP contribution is 2.31. The molecule has 0 aliphatic heterocycles. The Labute approximate surface area is 130 Å². The van der Waals surface area contributed by atoms with E-state index in [0.29, 0.717) is 12.1 Å². The minimum Gasteiger partial charge on any atom is -0.307 e. The van der Waals surface area contributed by atoms with Crippen LogP contribution >= 0.6 is 0 Å². The quantitative estimate of drug-likeness (QED) is 0.820. The normalized spacial score (nSPS) is 30.7. The molecule has 0 heterocycles. The van der Waals surface area contributed by atoms with Crippen molar-refractivity contribution in [1.29, 1.82) is 0 Å². The van der Waals surface area contributed by atoms with Crippen molar-refractivity contribution in [3.8, 4) is 0 Å². The highest BCUT2D eigenvalue weighted by molar-refractivity contribution is 5.35. The molecule has 3 unspecified atom stereocenters. The maximum atomic E-state index is 3.90. The van der Waals surface area contributed by atoms with Crippen molar-refractivity contribution >= 4 is 0 Å². The van der Waals surface area contributed by atoms with Crippen molar-refractivity contribution in [3.63, 3.8) is 0 Å². The van der Waals surface area contributed by atoms with E-state index in [0.717, 1.165) is 11.8 Å². The van der Waals surface area contributed by atoms with Crippen LogP contribution < -0.4 is 5.32 Å². The average molecular weight is 285 g/mol. The second-order valence-electron chi connectivity index (χ2n) is 7.74. The lowest BCUT2D eigenvalue weighted by molar-refractivity contribution is 0.228. The van der Waals surface area contributed by atoms with E-state index in [1.54, 1.807) is 11.1 Å². The summed E-state index contributed by atoms with van der Waals surface area (Å²) < 4.78 is 0. The summed E-state index contributed by atoms with van der Waals surface area (Å²) in [4.78, 5) is 0. The zero-order valence-electron chi connectivity index (χ0n) is 14.0. The summed E-state index contributed by atoms with van der Waals surface area (Å²) in [5.74, 6) is 1.75. The van der Waals surface area contributed by atoms with E-state index in [2.05, 4.69) is 44.3 Å². The van der Waals surface area contributed by atoms with Gasteiger partial charge in [-0.3, -0.25) is 0 Å². The molecule has 0 amide bonds. The number of nitrogens with one attached hydrogen (secondary N) is 1. The first-order valence-corrected chi connectivity index (χ1v) is 8.99. The molecule has 1 N–H and O–H groups in total. The monoisotopic (exact) mass is 285 g/mol. The summed E-state index contributed by atoms with van der Waals surface area (Å²) in [6.45, 7) is 7.16. The van der Waals surface area contributed by atoms with Crippen molar-refractivity contribution in [1.82, 2.24) is 5.32 Å². The standard InChI is InChI=1S/C20H31N/c1-14-10-15(2)12-20(11-14)21-16(3)18-9-8-17-6-4-5-7-19(17)13-18/h8-9,13-16,20-21H,4-7,10-12H2,1-3H3. The molecule has 1 saturated carbocycles. The van der Waals surface area contributed by atoms with Crippen LogP contribution in [-0.4, -0.2) is 6.04 Å². The smallest absolute Gasteiger partial charge is 0.0294 e. The molecular formula is C20H31N. The molecule has 1 fully saturated rings. The fraction of sp³-hybridized carbons (Fsp3) is 0.700. The van der Waals surface area contributed by atoms with E-state index in [1.165, 1.54) is 50.5 Å². The Bertz CT molecular complexity index is 469. The van der Waals surface area contributed by atoms with E-state index < -0.39 is 0 Å². The summed E-state index contributed by atoms with van der Waals surface area (Å²) in [5.41, 5.74) is 4.69. The number of aryl methyl sites for hydroxylation is 2. The van der Waals surface area contributed by atoms with Crippen LogP contribution in [0.25, 0.3) is 0 Å². The maximum Gasteiger partial charge on any atom is 0.0294 e. The number of rotatable bonds is 3. The summed E-state index contributed by atoms with van der Waals surface area (Å²) in [7, 11) is 0. The van der Waals surface area contributed by atoms with Crippen LogP contribution in [0.3, 0.4) is 0 Å². The lowest BCUT2D eigenvalue weighted by atomic mass is 9.80. The molecule has 0 radical (unpaired) electrons. The van der Waals surface area contributed by atoms with Crippen molar-refractivity contribution < 1.29 is 0 Å². The van der Waals surface area contributed by atoms with Gasteiger partial charge in [0.05, 0.1) is 0 Å². The van der Waals surface area contributed by atoms with Gasteiger partial charge in [-0.15, -0.1) is 0 Å². The van der Waals surface area contributed by atoms with E-state index in [1.807, 2.05) is 0 Å². The van der Waals surface area contributed by atoms with E-state index in [9.17, 15) is 0 Å². The number of benzene rings is 1. The highest BCUT2D eigenvalue weighted by Gasteiger charge is 2.25. The summed E-state index contributed by atoms with van der Waals surface area (Å²) in [5, 5.41) is 3.90. The lowest BCUT2D eigenvalue weighted by Crippen LogP contribution is -2.37. The van der Waals surface area contributed by atoms with Gasteiger partial charge in [0, 0.05) is 12.1 Å². The molecule has 0 aromatic heterocycles. The van der Waals surface area contributed by atoms with Gasteiger partial charge in [0.1, 0.15) is 0 Å².